The number of carbonyl (C=O) groups is 1. The molecule has 4 heteroatoms. The smallest absolute Gasteiger partial charge is 0.161 e. The molecule has 0 spiro atoms. The third-order valence-electron chi connectivity index (χ3n) is 4.20. The Labute approximate surface area is 150 Å². The van der Waals surface area contributed by atoms with Gasteiger partial charge in [-0.1, -0.05) is 13.8 Å². The predicted octanol–water partition coefficient (Wildman–Crippen LogP) is 3.24. The second kappa shape index (κ2) is 6.52. The van der Waals surface area contributed by atoms with E-state index < -0.39 is 37.6 Å². The first-order chi connectivity index (χ1) is 14.1. The van der Waals surface area contributed by atoms with Crippen LogP contribution in [0.3, 0.4) is 0 Å². The second-order valence-electron chi connectivity index (χ2n) is 6.31. The van der Waals surface area contributed by atoms with E-state index in [0.29, 0.717) is 11.1 Å². The van der Waals surface area contributed by atoms with E-state index in [1.54, 1.807) is 13.8 Å². The summed E-state index contributed by atoms with van der Waals surface area (Å²) < 4.78 is 75.6. The Balaban J connectivity index is 2.16. The minimum Gasteiger partial charge on any atom is -0.493 e. The van der Waals surface area contributed by atoms with Crippen LogP contribution in [0.1, 0.15) is 54.8 Å². The van der Waals surface area contributed by atoms with E-state index >= 15 is 0 Å². The zero-order valence-corrected chi connectivity index (χ0v) is 13.6. The molecule has 4 nitrogen and oxygen atoms in total. The van der Waals surface area contributed by atoms with Gasteiger partial charge in [-0.15, -0.1) is 0 Å². The van der Waals surface area contributed by atoms with Gasteiger partial charge in [-0.05, 0) is 42.0 Å². The molecule has 0 N–H and O–H groups in total. The van der Waals surface area contributed by atoms with Crippen LogP contribution in [0.4, 0.5) is 0 Å². The molecule has 2 atom stereocenters. The molecule has 0 saturated carbocycles. The molecule has 1 aromatic carbocycles. The quantitative estimate of drug-likeness (QED) is 0.852. The van der Waals surface area contributed by atoms with Gasteiger partial charge in [-0.3, -0.25) is 9.69 Å². The molecular weight excluding hydrogens is 290 g/mol. The lowest BCUT2D eigenvalue weighted by atomic mass is 9.80. The average molecular weight is 325 g/mol. The van der Waals surface area contributed by atoms with Gasteiger partial charge in [-0.25, -0.2) is 0 Å². The number of nitrogens with zero attached hydrogens (tertiary/aromatic N) is 1. The normalized spacial score (nSPS) is 37.6. The summed E-state index contributed by atoms with van der Waals surface area (Å²) in [5, 5.41) is 0. The van der Waals surface area contributed by atoms with Gasteiger partial charge in [0.05, 0.1) is 18.3 Å². The molecule has 3 rings (SSSR count). The van der Waals surface area contributed by atoms with Gasteiger partial charge in [0.1, 0.15) is 5.78 Å². The van der Waals surface area contributed by atoms with E-state index in [1.807, 2.05) is 0 Å². The molecule has 0 aromatic heterocycles. The second-order valence-corrected chi connectivity index (χ2v) is 6.31. The number of hydrogen-bond acceptors (Lipinski definition) is 4. The lowest BCUT2D eigenvalue weighted by Crippen LogP contribution is -2.46. The number of rotatable bonds is 4. The molecule has 1 saturated heterocycles. The lowest BCUT2D eigenvalue weighted by molar-refractivity contribution is -0.129. The van der Waals surface area contributed by atoms with E-state index in [1.165, 1.54) is 24.1 Å². The van der Waals surface area contributed by atoms with Gasteiger partial charge in [0, 0.05) is 38.2 Å². The highest BCUT2D eigenvalue weighted by atomic mass is 16.5. The summed E-state index contributed by atoms with van der Waals surface area (Å²) in [6.07, 6.45) is -2.37. The maximum absolute atomic E-state index is 13.2. The summed E-state index contributed by atoms with van der Waals surface area (Å²) in [6, 6.07) is 1.58. The van der Waals surface area contributed by atoms with Crippen molar-refractivity contribution in [3.8, 4) is 11.5 Å². The molecule has 0 radical (unpaired) electrons. The number of methoxy groups -OCH3 is 2. The van der Waals surface area contributed by atoms with Crippen molar-refractivity contribution in [2.45, 2.75) is 39.1 Å². The fraction of sp³-hybridized carbons (Fsp3) is 0.632. The van der Waals surface area contributed by atoms with Crippen LogP contribution >= 0.6 is 0 Å². The first-order valence-corrected chi connectivity index (χ1v) is 7.77. The first-order valence-electron chi connectivity index (χ1n) is 11.8. The van der Waals surface area contributed by atoms with Gasteiger partial charge in [0.2, 0.25) is 0 Å². The fourth-order valence-corrected chi connectivity index (χ4v) is 3.12. The highest BCUT2D eigenvalue weighted by Gasteiger charge is 2.38. The van der Waals surface area contributed by atoms with Crippen molar-refractivity contribution in [3.05, 3.63) is 23.3 Å². The third kappa shape index (κ3) is 3.09. The Morgan fingerprint density at radius 2 is 2.22 bits per heavy atom. The molecule has 23 heavy (non-hydrogen) atoms. The Bertz CT molecular complexity index is 886. The van der Waals surface area contributed by atoms with Crippen LogP contribution in [0.25, 0.3) is 0 Å². The van der Waals surface area contributed by atoms with E-state index in [2.05, 4.69) is 0 Å². The molecule has 1 aromatic rings. The molecule has 0 aliphatic carbocycles. The van der Waals surface area contributed by atoms with Crippen LogP contribution in [0, 0.1) is 11.8 Å². The molecule has 2 aliphatic rings. The predicted molar refractivity (Wildman–Crippen MR) is 90.1 cm³/mol. The molecule has 2 heterocycles. The van der Waals surface area contributed by atoms with Crippen LogP contribution in [-0.2, 0) is 11.2 Å². The van der Waals surface area contributed by atoms with E-state index in [-0.39, 0.29) is 36.8 Å². The number of carbonyl (C=O) groups excluding carboxylic acids is 1. The number of ether oxygens (including phenoxy) is 2. The fourth-order valence-electron chi connectivity index (χ4n) is 3.12. The van der Waals surface area contributed by atoms with Crippen LogP contribution in [0.15, 0.2) is 12.1 Å². The molecular formula is C19H27NO3. The minimum absolute atomic E-state index is 0.0324. The third-order valence-corrected chi connectivity index (χ3v) is 4.20. The molecule has 2 unspecified atom stereocenters. The Morgan fingerprint density at radius 3 is 2.91 bits per heavy atom. The van der Waals surface area contributed by atoms with Crippen molar-refractivity contribution in [2.24, 2.45) is 11.8 Å². The molecule has 0 amide bonds. The van der Waals surface area contributed by atoms with Crippen molar-refractivity contribution in [2.75, 3.05) is 27.2 Å². The number of Topliss-reactive ketones (excluding diaryl/α,β-unsaturated/α-hetero) is 1. The van der Waals surface area contributed by atoms with Crippen molar-refractivity contribution in [3.63, 3.8) is 0 Å². The minimum atomic E-state index is -2.71. The van der Waals surface area contributed by atoms with E-state index in [4.69, 9.17) is 20.4 Å². The molecule has 0 bridgehead atoms. The maximum atomic E-state index is 13.2. The molecule has 2 aliphatic heterocycles. The summed E-state index contributed by atoms with van der Waals surface area (Å²) in [5.74, 6) is -3.51. The number of benzene rings is 1. The number of hydrogen-bond donors (Lipinski definition) is 0. The van der Waals surface area contributed by atoms with Gasteiger partial charge in [0.25, 0.3) is 0 Å². The van der Waals surface area contributed by atoms with Gasteiger partial charge in [-0.2, -0.15) is 0 Å². The van der Waals surface area contributed by atoms with Gasteiger partial charge < -0.3 is 9.47 Å². The summed E-state index contributed by atoms with van der Waals surface area (Å²) in [4.78, 5) is 14.5. The van der Waals surface area contributed by atoms with Crippen molar-refractivity contribution in [1.82, 2.24) is 4.90 Å². The lowest BCUT2D eigenvalue weighted by Gasteiger charge is -2.43. The van der Waals surface area contributed by atoms with Gasteiger partial charge >= 0.3 is 0 Å². The van der Waals surface area contributed by atoms with Crippen LogP contribution in [-0.4, -0.2) is 37.9 Å². The van der Waals surface area contributed by atoms with Crippen molar-refractivity contribution in [1.29, 1.82) is 0 Å². The number of fused-ring (bicyclic) bond motifs is 3. The standard InChI is InChI=1S/C19H27NO3/c1-12(2)7-14-11-20-6-5-13-8-18(22-3)19(23-4)9-15(13)16(20)10-17(14)21/h8-9,12,14,16H,5-7,10-11H2,1-4H3/i3D3,10D2,11D2,14D. The van der Waals surface area contributed by atoms with Crippen molar-refractivity contribution < 1.29 is 25.2 Å². The number of piperidine rings is 1. The SMILES string of the molecule is [2H]C([2H])([2H])Oc1cc2c(cc1OC)C1N(CC2)C([2H])([2H])C([2H])(CC(C)C)C(=O)C1([2H])[2H]. The summed E-state index contributed by atoms with van der Waals surface area (Å²) in [6.45, 7) is 1.20. The Kier molecular flexibility index (Phi) is 2.57. The highest BCUT2D eigenvalue weighted by Crippen LogP contribution is 2.42. The van der Waals surface area contributed by atoms with Crippen LogP contribution in [0.5, 0.6) is 11.5 Å². The summed E-state index contributed by atoms with van der Waals surface area (Å²) in [7, 11) is -1.40. The Hall–Kier alpha value is -1.55. The monoisotopic (exact) mass is 325 g/mol. The maximum Gasteiger partial charge on any atom is 0.161 e. The van der Waals surface area contributed by atoms with E-state index in [9.17, 15) is 4.79 Å². The molecule has 1 fully saturated rings. The highest BCUT2D eigenvalue weighted by molar-refractivity contribution is 5.83. The van der Waals surface area contributed by atoms with Crippen LogP contribution in [0.2, 0.25) is 0 Å². The summed E-state index contributed by atoms with van der Waals surface area (Å²) in [5.41, 5.74) is 0.880. The van der Waals surface area contributed by atoms with Gasteiger partial charge in [0.15, 0.2) is 11.5 Å². The largest absolute Gasteiger partial charge is 0.493 e. The summed E-state index contributed by atoms with van der Waals surface area (Å²) >= 11 is 0. The number of ketones is 1. The zero-order valence-electron chi connectivity index (χ0n) is 21.6. The van der Waals surface area contributed by atoms with Crippen molar-refractivity contribution >= 4 is 5.78 Å². The first kappa shape index (κ1) is 9.07. The topological polar surface area (TPSA) is 38.8 Å². The zero-order chi connectivity index (χ0) is 23.6. The Morgan fingerprint density at radius 1 is 1.43 bits per heavy atom. The average Bonchev–Trinajstić information content (AvgIpc) is 2.62. The molecule has 126 valence electrons. The van der Waals surface area contributed by atoms with E-state index in [0.717, 1.165) is 0 Å². The van der Waals surface area contributed by atoms with Crippen LogP contribution < -0.4 is 9.47 Å².